The Morgan fingerprint density at radius 2 is 1.96 bits per heavy atom. The number of aliphatic hydroxyl groups is 1. The van der Waals surface area contributed by atoms with Crippen LogP contribution in [0.1, 0.15) is 45.6 Å². The number of halogens is 1. The van der Waals surface area contributed by atoms with Crippen LogP contribution in [-0.4, -0.2) is 40.4 Å². The minimum atomic E-state index is -1.37. The zero-order chi connectivity index (χ0) is 20.2. The summed E-state index contributed by atoms with van der Waals surface area (Å²) in [5.74, 6) is -1.35. The number of nitrogens with zero attached hydrogens (tertiary/aromatic N) is 2. The Balaban J connectivity index is 2.03. The molecule has 1 aliphatic heterocycles. The highest BCUT2D eigenvalue weighted by Gasteiger charge is 2.54. The van der Waals surface area contributed by atoms with Gasteiger partial charge in [-0.25, -0.2) is 9.38 Å². The maximum atomic E-state index is 14.7. The fraction of sp³-hybridized carbons (Fsp3) is 0.526. The molecule has 1 heterocycles. The molecule has 1 fully saturated rings. The van der Waals surface area contributed by atoms with Crippen molar-refractivity contribution in [3.63, 3.8) is 0 Å². The molecule has 4 N–H and O–H groups in total. The van der Waals surface area contributed by atoms with E-state index in [1.54, 1.807) is 20.8 Å². The standard InChI is InChI=1S/C19H25FN4O3/c1-17(2)15(26)24(4)16(21)23-18(17,3)12-10-11(6-7-13(12)20)22-14(25)19(27)8-5-9-19/h6-7,10,27H,5,8-9H2,1-4H3,(H2,21,23)(H,22,25)/t18-/m1/s1. The Morgan fingerprint density at radius 1 is 1.33 bits per heavy atom. The Kier molecular flexibility index (Phi) is 4.30. The lowest BCUT2D eigenvalue weighted by atomic mass is 9.67. The van der Waals surface area contributed by atoms with Crippen molar-refractivity contribution >= 4 is 23.5 Å². The Bertz CT molecular complexity index is 847. The number of amides is 2. The molecule has 8 heteroatoms. The third kappa shape index (κ3) is 2.79. The molecular weight excluding hydrogens is 351 g/mol. The van der Waals surface area contributed by atoms with Gasteiger partial charge in [0.2, 0.25) is 5.91 Å². The van der Waals surface area contributed by atoms with Gasteiger partial charge in [-0.05, 0) is 58.2 Å². The van der Waals surface area contributed by atoms with Crippen LogP contribution in [0.5, 0.6) is 0 Å². The van der Waals surface area contributed by atoms with Crippen LogP contribution in [0.4, 0.5) is 10.1 Å². The monoisotopic (exact) mass is 376 g/mol. The van der Waals surface area contributed by atoms with E-state index in [0.29, 0.717) is 18.5 Å². The van der Waals surface area contributed by atoms with Gasteiger partial charge in [0.25, 0.3) is 5.91 Å². The van der Waals surface area contributed by atoms with Gasteiger partial charge in [-0.3, -0.25) is 14.5 Å². The lowest BCUT2D eigenvalue weighted by Crippen LogP contribution is -2.58. The number of guanidine groups is 1. The summed E-state index contributed by atoms with van der Waals surface area (Å²) >= 11 is 0. The highest BCUT2D eigenvalue weighted by molar-refractivity contribution is 6.02. The molecule has 0 radical (unpaired) electrons. The smallest absolute Gasteiger partial charge is 0.256 e. The Hall–Kier alpha value is -2.48. The van der Waals surface area contributed by atoms with Gasteiger partial charge in [-0.15, -0.1) is 0 Å². The van der Waals surface area contributed by atoms with Crippen molar-refractivity contribution in [1.29, 1.82) is 0 Å². The normalized spacial score (nSPS) is 26.2. The maximum Gasteiger partial charge on any atom is 0.256 e. The van der Waals surface area contributed by atoms with Gasteiger partial charge in [0.15, 0.2) is 5.96 Å². The van der Waals surface area contributed by atoms with Crippen molar-refractivity contribution in [2.24, 2.45) is 16.1 Å². The molecule has 1 saturated carbocycles. The van der Waals surface area contributed by atoms with Crippen molar-refractivity contribution in [3.05, 3.63) is 29.6 Å². The summed E-state index contributed by atoms with van der Waals surface area (Å²) in [4.78, 5) is 30.7. The van der Waals surface area contributed by atoms with Crippen LogP contribution in [0.3, 0.4) is 0 Å². The van der Waals surface area contributed by atoms with Crippen LogP contribution in [0.2, 0.25) is 0 Å². The highest BCUT2D eigenvalue weighted by atomic mass is 19.1. The first kappa shape index (κ1) is 19.3. The molecule has 2 aliphatic rings. The number of rotatable bonds is 3. The second kappa shape index (κ2) is 6.02. The minimum Gasteiger partial charge on any atom is -0.380 e. The average Bonchev–Trinajstić information content (AvgIpc) is 2.58. The summed E-state index contributed by atoms with van der Waals surface area (Å²) in [5, 5.41) is 12.8. The molecule has 27 heavy (non-hydrogen) atoms. The van der Waals surface area contributed by atoms with Crippen LogP contribution in [0, 0.1) is 11.2 Å². The van der Waals surface area contributed by atoms with E-state index in [1.165, 1.54) is 30.1 Å². The molecule has 0 bridgehead atoms. The number of hydrogen-bond acceptors (Lipinski definition) is 5. The third-order valence-corrected chi connectivity index (χ3v) is 6.09. The first-order valence-electron chi connectivity index (χ1n) is 8.90. The Morgan fingerprint density at radius 3 is 2.52 bits per heavy atom. The van der Waals surface area contributed by atoms with Crippen LogP contribution in [-0.2, 0) is 15.1 Å². The van der Waals surface area contributed by atoms with E-state index in [2.05, 4.69) is 10.3 Å². The predicted molar refractivity (Wildman–Crippen MR) is 99.4 cm³/mol. The third-order valence-electron chi connectivity index (χ3n) is 6.09. The summed E-state index contributed by atoms with van der Waals surface area (Å²) in [6.45, 7) is 5.02. The largest absolute Gasteiger partial charge is 0.380 e. The topological polar surface area (TPSA) is 108 Å². The maximum absolute atomic E-state index is 14.7. The summed E-state index contributed by atoms with van der Waals surface area (Å²) in [6, 6.07) is 4.08. The van der Waals surface area contributed by atoms with E-state index in [0.717, 1.165) is 6.42 Å². The highest BCUT2D eigenvalue weighted by Crippen LogP contribution is 2.47. The van der Waals surface area contributed by atoms with Gasteiger partial charge in [-0.1, -0.05) is 0 Å². The Labute approximate surface area is 157 Å². The molecule has 1 aromatic rings. The van der Waals surface area contributed by atoms with E-state index in [9.17, 15) is 19.1 Å². The van der Waals surface area contributed by atoms with Gasteiger partial charge in [0, 0.05) is 18.3 Å². The van der Waals surface area contributed by atoms with Crippen LogP contribution in [0.25, 0.3) is 0 Å². The van der Waals surface area contributed by atoms with Crippen molar-refractivity contribution in [3.8, 4) is 0 Å². The molecule has 7 nitrogen and oxygen atoms in total. The first-order chi connectivity index (χ1) is 12.4. The van der Waals surface area contributed by atoms with E-state index >= 15 is 0 Å². The molecule has 0 saturated heterocycles. The number of anilines is 1. The molecule has 3 rings (SSSR count). The molecule has 0 spiro atoms. The minimum absolute atomic E-state index is 0.000516. The SMILES string of the molecule is CN1C(=O)C(C)(C)[C@@](C)(c2cc(NC(=O)C3(O)CCC3)ccc2F)N=C1N. The van der Waals surface area contributed by atoms with E-state index < -0.39 is 28.3 Å². The van der Waals surface area contributed by atoms with Gasteiger partial charge >= 0.3 is 0 Å². The first-order valence-corrected chi connectivity index (χ1v) is 8.90. The average molecular weight is 376 g/mol. The zero-order valence-corrected chi connectivity index (χ0v) is 16.0. The van der Waals surface area contributed by atoms with E-state index in [4.69, 9.17) is 5.73 Å². The van der Waals surface area contributed by atoms with Crippen molar-refractivity contribution in [2.45, 2.75) is 51.2 Å². The molecule has 146 valence electrons. The number of aliphatic imine (C=N–C) groups is 1. The molecular formula is C19H25FN4O3. The zero-order valence-electron chi connectivity index (χ0n) is 16.0. The van der Waals surface area contributed by atoms with Gasteiger partial charge in [-0.2, -0.15) is 0 Å². The summed E-state index contributed by atoms with van der Waals surface area (Å²) in [5.41, 5.74) is 2.65. The quantitative estimate of drug-likeness (QED) is 0.746. The molecule has 1 aliphatic carbocycles. The summed E-state index contributed by atoms with van der Waals surface area (Å²) < 4.78 is 14.7. The predicted octanol–water partition coefficient (Wildman–Crippen LogP) is 1.71. The van der Waals surface area contributed by atoms with Crippen LogP contribution < -0.4 is 11.1 Å². The summed E-state index contributed by atoms with van der Waals surface area (Å²) in [6.07, 6.45) is 1.59. The van der Waals surface area contributed by atoms with Gasteiger partial charge in [0.05, 0.1) is 5.41 Å². The molecule has 1 atom stereocenters. The number of carbonyl (C=O) groups excluding carboxylic acids is 2. The van der Waals surface area contributed by atoms with Crippen molar-refractivity contribution < 1.29 is 19.1 Å². The van der Waals surface area contributed by atoms with Crippen molar-refractivity contribution in [1.82, 2.24) is 4.90 Å². The van der Waals surface area contributed by atoms with Crippen molar-refractivity contribution in [2.75, 3.05) is 12.4 Å². The molecule has 2 amide bonds. The fourth-order valence-corrected chi connectivity index (χ4v) is 3.53. The number of hydrogen-bond donors (Lipinski definition) is 3. The van der Waals surface area contributed by atoms with Crippen LogP contribution in [0.15, 0.2) is 23.2 Å². The number of nitrogens with one attached hydrogen (secondary N) is 1. The van der Waals surface area contributed by atoms with E-state index in [1.807, 2.05) is 0 Å². The van der Waals surface area contributed by atoms with E-state index in [-0.39, 0.29) is 17.4 Å². The molecule has 0 unspecified atom stereocenters. The fourth-order valence-electron chi connectivity index (χ4n) is 3.53. The lowest BCUT2D eigenvalue weighted by Gasteiger charge is -2.46. The number of carbonyl (C=O) groups is 2. The van der Waals surface area contributed by atoms with Crippen LogP contribution >= 0.6 is 0 Å². The number of nitrogens with two attached hydrogens (primary N) is 1. The molecule has 1 aromatic carbocycles. The molecule has 0 aromatic heterocycles. The second-order valence-electron chi connectivity index (χ2n) is 8.07. The lowest BCUT2D eigenvalue weighted by molar-refractivity contribution is -0.142. The second-order valence-corrected chi connectivity index (χ2v) is 8.07. The summed E-state index contributed by atoms with van der Waals surface area (Å²) in [7, 11) is 1.52. The van der Waals surface area contributed by atoms with Gasteiger partial charge < -0.3 is 16.2 Å². The van der Waals surface area contributed by atoms with Gasteiger partial charge in [0.1, 0.15) is 17.0 Å². The number of benzene rings is 1.